The van der Waals surface area contributed by atoms with Gasteiger partial charge in [-0.2, -0.15) is 5.10 Å². The molecule has 0 aliphatic heterocycles. The molecule has 1 aromatic heterocycles. The van der Waals surface area contributed by atoms with Crippen LogP contribution in [0, 0.1) is 0 Å². The first kappa shape index (κ1) is 21.0. The molecule has 0 aliphatic rings. The van der Waals surface area contributed by atoms with Crippen molar-refractivity contribution in [3.05, 3.63) is 112 Å². The molecule has 0 saturated heterocycles. The summed E-state index contributed by atoms with van der Waals surface area (Å²) in [6.45, 7) is 0.869. The van der Waals surface area contributed by atoms with Crippen molar-refractivity contribution in [2.45, 2.75) is 13.2 Å². The SMILES string of the molecule is O=C(Nc1cnn(Cc2cccc(Cl)c2)c1)c1cccc(COc2ccccc2Cl)c1. The van der Waals surface area contributed by atoms with Gasteiger partial charge in [0.05, 0.1) is 23.5 Å². The molecule has 5 nitrogen and oxygen atoms in total. The van der Waals surface area contributed by atoms with Crippen LogP contribution < -0.4 is 10.1 Å². The molecule has 0 fully saturated rings. The minimum atomic E-state index is -0.220. The van der Waals surface area contributed by atoms with Crippen LogP contribution in [0.4, 0.5) is 5.69 Å². The van der Waals surface area contributed by atoms with Gasteiger partial charge in [-0.05, 0) is 47.5 Å². The molecule has 31 heavy (non-hydrogen) atoms. The van der Waals surface area contributed by atoms with E-state index in [9.17, 15) is 4.79 Å². The summed E-state index contributed by atoms with van der Waals surface area (Å²) in [6.07, 6.45) is 3.40. The fourth-order valence-electron chi connectivity index (χ4n) is 3.07. The topological polar surface area (TPSA) is 56.2 Å². The summed E-state index contributed by atoms with van der Waals surface area (Å²) in [7, 11) is 0. The lowest BCUT2D eigenvalue weighted by Gasteiger charge is -2.09. The lowest BCUT2D eigenvalue weighted by atomic mass is 10.1. The van der Waals surface area contributed by atoms with Crippen LogP contribution in [-0.4, -0.2) is 15.7 Å². The van der Waals surface area contributed by atoms with Gasteiger partial charge in [0, 0.05) is 16.8 Å². The summed E-state index contributed by atoms with van der Waals surface area (Å²) in [5, 5.41) is 8.40. The highest BCUT2D eigenvalue weighted by Gasteiger charge is 2.09. The number of carbonyl (C=O) groups excluding carboxylic acids is 1. The van der Waals surface area contributed by atoms with Crippen LogP contribution in [-0.2, 0) is 13.2 Å². The van der Waals surface area contributed by atoms with Crippen molar-refractivity contribution in [2.75, 3.05) is 5.32 Å². The van der Waals surface area contributed by atoms with Gasteiger partial charge in [-0.25, -0.2) is 0 Å². The smallest absolute Gasteiger partial charge is 0.255 e. The minimum Gasteiger partial charge on any atom is -0.487 e. The van der Waals surface area contributed by atoms with Crippen molar-refractivity contribution in [3.63, 3.8) is 0 Å². The van der Waals surface area contributed by atoms with E-state index in [2.05, 4.69) is 10.4 Å². The van der Waals surface area contributed by atoms with E-state index in [-0.39, 0.29) is 5.91 Å². The van der Waals surface area contributed by atoms with Gasteiger partial charge < -0.3 is 10.1 Å². The maximum Gasteiger partial charge on any atom is 0.255 e. The van der Waals surface area contributed by atoms with Gasteiger partial charge in [0.2, 0.25) is 0 Å². The number of nitrogens with zero attached hydrogens (tertiary/aromatic N) is 2. The molecule has 0 radical (unpaired) electrons. The number of halogens is 2. The Balaban J connectivity index is 1.38. The first-order chi connectivity index (χ1) is 15.1. The lowest BCUT2D eigenvalue weighted by molar-refractivity contribution is 0.102. The Morgan fingerprint density at radius 2 is 1.77 bits per heavy atom. The summed E-state index contributed by atoms with van der Waals surface area (Å²) in [5.74, 6) is 0.382. The molecule has 0 saturated carbocycles. The number of amides is 1. The number of hydrogen-bond acceptors (Lipinski definition) is 3. The number of rotatable bonds is 7. The van der Waals surface area contributed by atoms with Crippen molar-refractivity contribution in [1.29, 1.82) is 0 Å². The molecule has 0 aliphatic carbocycles. The Labute approximate surface area is 190 Å². The van der Waals surface area contributed by atoms with E-state index in [0.29, 0.717) is 40.2 Å². The molecule has 7 heteroatoms. The molecule has 1 heterocycles. The van der Waals surface area contributed by atoms with E-state index in [0.717, 1.165) is 11.1 Å². The Kier molecular flexibility index (Phi) is 6.55. The first-order valence-electron chi connectivity index (χ1n) is 9.61. The van der Waals surface area contributed by atoms with Gasteiger partial charge in [0.25, 0.3) is 5.91 Å². The van der Waals surface area contributed by atoms with Crippen LogP contribution in [0.3, 0.4) is 0 Å². The Morgan fingerprint density at radius 3 is 2.61 bits per heavy atom. The van der Waals surface area contributed by atoms with Crippen LogP contribution in [0.5, 0.6) is 5.75 Å². The maximum absolute atomic E-state index is 12.7. The highest BCUT2D eigenvalue weighted by molar-refractivity contribution is 6.32. The second-order valence-electron chi connectivity index (χ2n) is 6.93. The second-order valence-corrected chi connectivity index (χ2v) is 7.77. The van der Waals surface area contributed by atoms with Crippen molar-refractivity contribution >= 4 is 34.8 Å². The highest BCUT2D eigenvalue weighted by atomic mass is 35.5. The normalized spacial score (nSPS) is 10.6. The summed E-state index contributed by atoms with van der Waals surface area (Å²) >= 11 is 12.1. The van der Waals surface area contributed by atoms with Gasteiger partial charge in [0.1, 0.15) is 12.4 Å². The van der Waals surface area contributed by atoms with E-state index >= 15 is 0 Å². The molecule has 1 amide bonds. The predicted octanol–water partition coefficient (Wildman–Crippen LogP) is 6.07. The molecule has 0 unspecified atom stereocenters. The fourth-order valence-corrected chi connectivity index (χ4v) is 3.47. The molecule has 4 rings (SSSR count). The van der Waals surface area contributed by atoms with Crippen molar-refractivity contribution < 1.29 is 9.53 Å². The van der Waals surface area contributed by atoms with Crippen molar-refractivity contribution in [1.82, 2.24) is 9.78 Å². The number of aromatic nitrogens is 2. The van der Waals surface area contributed by atoms with Gasteiger partial charge in [-0.15, -0.1) is 0 Å². The van der Waals surface area contributed by atoms with Crippen LogP contribution in [0.2, 0.25) is 10.0 Å². The van der Waals surface area contributed by atoms with Crippen LogP contribution in [0.25, 0.3) is 0 Å². The largest absolute Gasteiger partial charge is 0.487 e. The Hall–Kier alpha value is -3.28. The third kappa shape index (κ3) is 5.66. The molecule has 0 atom stereocenters. The molecular formula is C24H19Cl2N3O2. The summed E-state index contributed by atoms with van der Waals surface area (Å²) < 4.78 is 7.50. The lowest BCUT2D eigenvalue weighted by Crippen LogP contribution is -2.12. The zero-order chi connectivity index (χ0) is 21.6. The fraction of sp³-hybridized carbons (Fsp3) is 0.0833. The maximum atomic E-state index is 12.7. The highest BCUT2D eigenvalue weighted by Crippen LogP contribution is 2.24. The average molecular weight is 452 g/mol. The summed E-state index contributed by atoms with van der Waals surface area (Å²) in [5.41, 5.74) is 3.04. The number of anilines is 1. The third-order valence-electron chi connectivity index (χ3n) is 4.54. The second kappa shape index (κ2) is 9.69. The number of carbonyl (C=O) groups is 1. The van der Waals surface area contributed by atoms with E-state index in [4.69, 9.17) is 27.9 Å². The number of para-hydroxylation sites is 1. The third-order valence-corrected chi connectivity index (χ3v) is 5.09. The monoisotopic (exact) mass is 451 g/mol. The van der Waals surface area contributed by atoms with E-state index in [1.165, 1.54) is 0 Å². The van der Waals surface area contributed by atoms with Gasteiger partial charge in [-0.1, -0.05) is 59.6 Å². The minimum absolute atomic E-state index is 0.220. The predicted molar refractivity (Wildman–Crippen MR) is 123 cm³/mol. The Bertz CT molecular complexity index is 1210. The van der Waals surface area contributed by atoms with Gasteiger partial charge in [0.15, 0.2) is 0 Å². The summed E-state index contributed by atoms with van der Waals surface area (Å²) in [6, 6.07) is 22.1. The molecule has 4 aromatic rings. The zero-order valence-corrected chi connectivity index (χ0v) is 18.0. The molecular weight excluding hydrogens is 433 g/mol. The average Bonchev–Trinajstić information content (AvgIpc) is 3.20. The molecule has 3 aromatic carbocycles. The van der Waals surface area contributed by atoms with Crippen LogP contribution in [0.15, 0.2) is 85.2 Å². The van der Waals surface area contributed by atoms with Gasteiger partial charge in [-0.3, -0.25) is 9.48 Å². The molecule has 156 valence electrons. The van der Waals surface area contributed by atoms with E-state index < -0.39 is 0 Å². The van der Waals surface area contributed by atoms with Gasteiger partial charge >= 0.3 is 0 Å². The standard InChI is InChI=1S/C24H19Cl2N3O2/c25-20-8-4-5-17(12-20)14-29-15-21(13-27-29)28-24(30)19-7-3-6-18(11-19)16-31-23-10-2-1-9-22(23)26/h1-13,15H,14,16H2,(H,28,30). The van der Waals surface area contributed by atoms with Crippen LogP contribution >= 0.6 is 23.2 Å². The number of benzene rings is 3. The number of ether oxygens (including phenoxy) is 1. The van der Waals surface area contributed by atoms with E-state index in [1.807, 2.05) is 48.5 Å². The van der Waals surface area contributed by atoms with Crippen molar-refractivity contribution in [2.24, 2.45) is 0 Å². The van der Waals surface area contributed by atoms with E-state index in [1.54, 1.807) is 41.3 Å². The summed E-state index contributed by atoms with van der Waals surface area (Å²) in [4.78, 5) is 12.7. The molecule has 1 N–H and O–H groups in total. The van der Waals surface area contributed by atoms with Crippen LogP contribution in [0.1, 0.15) is 21.5 Å². The quantitative estimate of drug-likeness (QED) is 0.370. The Morgan fingerprint density at radius 1 is 0.968 bits per heavy atom. The zero-order valence-electron chi connectivity index (χ0n) is 16.5. The number of nitrogens with one attached hydrogen (secondary N) is 1. The van der Waals surface area contributed by atoms with Crippen molar-refractivity contribution in [3.8, 4) is 5.75 Å². The molecule has 0 spiro atoms. The number of hydrogen-bond donors (Lipinski definition) is 1. The molecule has 0 bridgehead atoms. The first-order valence-corrected chi connectivity index (χ1v) is 10.4.